The van der Waals surface area contributed by atoms with Gasteiger partial charge in [-0.3, -0.25) is 8.75 Å². The molecule has 1 unspecified atom stereocenters. The molecule has 2 aromatic carbocycles. The molecule has 20 heavy (non-hydrogen) atoms. The highest BCUT2D eigenvalue weighted by Crippen LogP contribution is 2.24. The molecule has 0 aliphatic rings. The van der Waals surface area contributed by atoms with Crippen LogP contribution in [0.1, 0.15) is 24.1 Å². The van der Waals surface area contributed by atoms with Crippen LogP contribution in [0.3, 0.4) is 0 Å². The van der Waals surface area contributed by atoms with Crippen LogP contribution >= 0.6 is 11.5 Å². The number of benzene rings is 2. The number of hydrogen-bond donors (Lipinski definition) is 1. The summed E-state index contributed by atoms with van der Waals surface area (Å²) in [6.45, 7) is 2.59. The van der Waals surface area contributed by atoms with Gasteiger partial charge in [0.2, 0.25) is 0 Å². The third-order valence-electron chi connectivity index (χ3n) is 3.56. The van der Waals surface area contributed by atoms with Crippen molar-refractivity contribution in [2.75, 3.05) is 0 Å². The van der Waals surface area contributed by atoms with E-state index >= 15 is 0 Å². The molecule has 4 heteroatoms. The molecule has 0 aliphatic carbocycles. The highest BCUT2D eigenvalue weighted by molar-refractivity contribution is 7.13. The van der Waals surface area contributed by atoms with Crippen LogP contribution in [0.4, 0.5) is 0 Å². The van der Waals surface area contributed by atoms with Crippen molar-refractivity contribution in [3.05, 3.63) is 70.0 Å². The number of nitrogens with two attached hydrogens (primary N) is 1. The zero-order valence-electron chi connectivity index (χ0n) is 11.2. The zero-order valence-corrected chi connectivity index (χ0v) is 12.1. The Labute approximate surface area is 121 Å². The Morgan fingerprint density at radius 3 is 2.50 bits per heavy atom. The largest absolute Gasteiger partial charge is 0.326 e. The fourth-order valence-electron chi connectivity index (χ4n) is 2.31. The lowest BCUT2D eigenvalue weighted by molar-refractivity contribution is 0.677. The molecule has 0 aliphatic heterocycles. The Kier molecular flexibility index (Phi) is 3.42. The van der Waals surface area contributed by atoms with Gasteiger partial charge >= 0.3 is 0 Å². The van der Waals surface area contributed by atoms with Crippen molar-refractivity contribution < 1.29 is 0 Å². The summed E-state index contributed by atoms with van der Waals surface area (Å²) in [5, 5.41) is 0.794. The minimum atomic E-state index is 0.0340. The van der Waals surface area contributed by atoms with Gasteiger partial charge < -0.3 is 5.73 Å². The quantitative estimate of drug-likeness (QED) is 0.803. The van der Waals surface area contributed by atoms with Gasteiger partial charge in [-0.2, -0.15) is 0 Å². The van der Waals surface area contributed by atoms with Gasteiger partial charge in [0.25, 0.3) is 5.56 Å². The van der Waals surface area contributed by atoms with Crippen molar-refractivity contribution in [1.29, 1.82) is 0 Å². The molecule has 2 N–H and O–H groups in total. The lowest BCUT2D eigenvalue weighted by atomic mass is 10.1. The molecule has 1 atom stereocenters. The first-order valence-corrected chi connectivity index (χ1v) is 7.37. The minimum absolute atomic E-state index is 0.0340. The molecule has 3 aromatic rings. The fraction of sp³-hybridized carbons (Fsp3) is 0.188. The Hall–Kier alpha value is -1.91. The Morgan fingerprint density at radius 1 is 1.15 bits per heavy atom. The number of aromatic nitrogens is 1. The number of rotatable bonds is 3. The molecular weight excluding hydrogens is 268 g/mol. The number of hydrogen-bond acceptors (Lipinski definition) is 3. The van der Waals surface area contributed by atoms with Gasteiger partial charge in [0.1, 0.15) is 0 Å². The minimum Gasteiger partial charge on any atom is -0.326 e. The van der Waals surface area contributed by atoms with Crippen LogP contribution in [0.15, 0.2) is 53.3 Å². The van der Waals surface area contributed by atoms with Crippen LogP contribution in [0.25, 0.3) is 10.1 Å². The van der Waals surface area contributed by atoms with E-state index in [9.17, 15) is 4.79 Å². The lowest BCUT2D eigenvalue weighted by Gasteiger charge is -2.12. The second kappa shape index (κ2) is 5.23. The summed E-state index contributed by atoms with van der Waals surface area (Å²) in [4.78, 5) is 12.4. The maximum atomic E-state index is 12.4. The fourth-order valence-corrected chi connectivity index (χ4v) is 3.38. The first kappa shape index (κ1) is 13.1. The third kappa shape index (κ3) is 2.17. The third-order valence-corrected chi connectivity index (χ3v) is 4.80. The standard InChI is InChI=1S/C16H16N2OS/c1-11(13-8-6-12(10-17)7-9-13)18-16(19)14-4-2-3-5-15(14)20-18/h2-9,11H,10,17H2,1H3. The topological polar surface area (TPSA) is 48.0 Å². The van der Waals surface area contributed by atoms with Gasteiger partial charge in [-0.05, 0) is 30.2 Å². The van der Waals surface area contributed by atoms with Gasteiger partial charge in [-0.25, -0.2) is 0 Å². The monoisotopic (exact) mass is 284 g/mol. The average molecular weight is 284 g/mol. The van der Waals surface area contributed by atoms with Crippen molar-refractivity contribution in [2.24, 2.45) is 5.73 Å². The second-order valence-electron chi connectivity index (χ2n) is 4.84. The van der Waals surface area contributed by atoms with E-state index in [0.29, 0.717) is 6.54 Å². The predicted molar refractivity (Wildman–Crippen MR) is 84.2 cm³/mol. The SMILES string of the molecule is CC(c1ccc(CN)cc1)n1sc2ccccc2c1=O. The second-order valence-corrected chi connectivity index (χ2v) is 5.86. The molecule has 0 fully saturated rings. The van der Waals surface area contributed by atoms with E-state index in [0.717, 1.165) is 21.2 Å². The van der Waals surface area contributed by atoms with E-state index in [2.05, 4.69) is 0 Å². The van der Waals surface area contributed by atoms with Crippen molar-refractivity contribution in [2.45, 2.75) is 19.5 Å². The summed E-state index contributed by atoms with van der Waals surface area (Å²) < 4.78 is 2.87. The molecule has 1 aromatic heterocycles. The lowest BCUT2D eigenvalue weighted by Crippen LogP contribution is -2.17. The highest BCUT2D eigenvalue weighted by atomic mass is 32.1. The van der Waals surface area contributed by atoms with Gasteiger partial charge in [-0.1, -0.05) is 47.9 Å². The van der Waals surface area contributed by atoms with Gasteiger partial charge in [0.15, 0.2) is 0 Å². The van der Waals surface area contributed by atoms with Crippen molar-refractivity contribution >= 4 is 21.6 Å². The molecule has 0 saturated carbocycles. The van der Waals surface area contributed by atoms with E-state index in [1.807, 2.05) is 59.4 Å². The molecule has 0 spiro atoms. The molecule has 0 saturated heterocycles. The first-order valence-electron chi connectivity index (χ1n) is 6.60. The molecule has 3 rings (SSSR count). The Morgan fingerprint density at radius 2 is 1.85 bits per heavy atom. The summed E-state index contributed by atoms with van der Waals surface area (Å²) in [7, 11) is 0. The molecule has 0 radical (unpaired) electrons. The van der Waals surface area contributed by atoms with Gasteiger partial charge in [-0.15, -0.1) is 0 Å². The van der Waals surface area contributed by atoms with Crippen molar-refractivity contribution in [1.82, 2.24) is 3.96 Å². The van der Waals surface area contributed by atoms with Crippen LogP contribution in [0.5, 0.6) is 0 Å². The predicted octanol–water partition coefficient (Wildman–Crippen LogP) is 3.13. The van der Waals surface area contributed by atoms with Crippen LogP contribution in [-0.2, 0) is 6.54 Å². The summed E-state index contributed by atoms with van der Waals surface area (Å²) in [5.41, 5.74) is 7.92. The highest BCUT2D eigenvalue weighted by Gasteiger charge is 2.14. The van der Waals surface area contributed by atoms with E-state index in [-0.39, 0.29) is 11.6 Å². The first-order chi connectivity index (χ1) is 9.70. The molecule has 0 amide bonds. The number of fused-ring (bicyclic) bond motifs is 1. The summed E-state index contributed by atoms with van der Waals surface area (Å²) in [6, 6.07) is 15.9. The molecule has 3 nitrogen and oxygen atoms in total. The van der Waals surface area contributed by atoms with E-state index in [1.165, 1.54) is 11.5 Å². The molecule has 1 heterocycles. The Bertz CT molecular complexity index is 786. The van der Waals surface area contributed by atoms with Crippen LogP contribution in [0.2, 0.25) is 0 Å². The van der Waals surface area contributed by atoms with Crippen LogP contribution in [-0.4, -0.2) is 3.96 Å². The van der Waals surface area contributed by atoms with Crippen molar-refractivity contribution in [3.63, 3.8) is 0 Å². The van der Waals surface area contributed by atoms with Crippen molar-refractivity contribution in [3.8, 4) is 0 Å². The van der Waals surface area contributed by atoms with Crippen LogP contribution < -0.4 is 11.3 Å². The maximum absolute atomic E-state index is 12.4. The van der Waals surface area contributed by atoms with E-state index in [4.69, 9.17) is 5.73 Å². The van der Waals surface area contributed by atoms with Crippen LogP contribution in [0, 0.1) is 0 Å². The average Bonchev–Trinajstić information content (AvgIpc) is 2.84. The van der Waals surface area contributed by atoms with Gasteiger partial charge in [0, 0.05) is 6.54 Å². The summed E-state index contributed by atoms with van der Waals surface area (Å²) in [6.07, 6.45) is 0. The summed E-state index contributed by atoms with van der Waals surface area (Å²) >= 11 is 1.52. The normalized spacial score (nSPS) is 12.7. The molecular formula is C16H16N2OS. The van der Waals surface area contributed by atoms with Gasteiger partial charge in [0.05, 0.1) is 16.1 Å². The smallest absolute Gasteiger partial charge is 0.269 e. The maximum Gasteiger partial charge on any atom is 0.269 e. The molecule has 0 bridgehead atoms. The Balaban J connectivity index is 2.05. The zero-order chi connectivity index (χ0) is 14.1. The van der Waals surface area contributed by atoms with E-state index in [1.54, 1.807) is 0 Å². The number of nitrogens with zero attached hydrogens (tertiary/aromatic N) is 1. The van der Waals surface area contributed by atoms with E-state index < -0.39 is 0 Å². The summed E-state index contributed by atoms with van der Waals surface area (Å²) in [5.74, 6) is 0. The molecule has 102 valence electrons.